The van der Waals surface area contributed by atoms with Crippen LogP contribution in [0.3, 0.4) is 0 Å². The van der Waals surface area contributed by atoms with Crippen molar-refractivity contribution in [3.05, 3.63) is 84.2 Å². The van der Waals surface area contributed by atoms with E-state index in [1.165, 1.54) is 41.9 Å². The number of aromatic amines is 1. The van der Waals surface area contributed by atoms with E-state index in [1.807, 2.05) is 0 Å². The van der Waals surface area contributed by atoms with Crippen LogP contribution in [0.4, 0.5) is 8.78 Å². The third kappa shape index (κ3) is 5.81. The summed E-state index contributed by atoms with van der Waals surface area (Å²) < 4.78 is 29.8. The maximum Gasteiger partial charge on any atom is 0.252 e. The van der Waals surface area contributed by atoms with Crippen molar-refractivity contribution in [1.29, 1.82) is 0 Å². The Balaban J connectivity index is 1.61. The largest absolute Gasteiger partial charge is 0.389 e. The van der Waals surface area contributed by atoms with Gasteiger partial charge in [-0.25, -0.2) is 8.78 Å². The van der Waals surface area contributed by atoms with E-state index in [0.717, 1.165) is 0 Å². The number of H-pyrrole nitrogens is 1. The lowest BCUT2D eigenvalue weighted by Gasteiger charge is -2.25. The molecule has 0 aliphatic heterocycles. The van der Waals surface area contributed by atoms with Crippen molar-refractivity contribution in [2.75, 3.05) is 6.54 Å². The van der Waals surface area contributed by atoms with Crippen LogP contribution in [0.1, 0.15) is 17.3 Å². The number of aliphatic hydroxyl groups excluding tert-OH is 1. The quantitative estimate of drug-likeness (QED) is 0.285. The molecule has 186 valence electrons. The first-order valence-corrected chi connectivity index (χ1v) is 11.1. The van der Waals surface area contributed by atoms with E-state index >= 15 is 0 Å². The SMILES string of the molecule is CC(=O)NC[C@@H](O)[C@@H](Cn1cccn1)NC(=O)c1cccc(F)c1-c1cc(-c2ccc(F)cc2)n[nH]1. The summed E-state index contributed by atoms with van der Waals surface area (Å²) >= 11 is 0. The van der Waals surface area contributed by atoms with Gasteiger partial charge in [0.15, 0.2) is 0 Å². The molecular formula is C25H24F2N6O3. The Hall–Kier alpha value is -4.38. The van der Waals surface area contributed by atoms with Gasteiger partial charge in [-0.3, -0.25) is 19.4 Å². The molecule has 4 rings (SSSR count). The second-order valence-corrected chi connectivity index (χ2v) is 8.15. The number of carbonyl (C=O) groups is 2. The first-order valence-electron chi connectivity index (χ1n) is 11.1. The monoisotopic (exact) mass is 494 g/mol. The molecule has 36 heavy (non-hydrogen) atoms. The van der Waals surface area contributed by atoms with E-state index in [4.69, 9.17) is 0 Å². The van der Waals surface area contributed by atoms with Crippen LogP contribution in [0.15, 0.2) is 67.0 Å². The maximum atomic E-state index is 15.0. The molecule has 11 heteroatoms. The summed E-state index contributed by atoms with van der Waals surface area (Å²) in [7, 11) is 0. The minimum atomic E-state index is -1.14. The predicted octanol–water partition coefficient (Wildman–Crippen LogP) is 2.51. The summed E-state index contributed by atoms with van der Waals surface area (Å²) in [6.07, 6.45) is 2.08. The van der Waals surface area contributed by atoms with Gasteiger partial charge in [0.2, 0.25) is 5.91 Å². The highest BCUT2D eigenvalue weighted by atomic mass is 19.1. The van der Waals surface area contributed by atoms with Gasteiger partial charge in [-0.15, -0.1) is 0 Å². The lowest BCUT2D eigenvalue weighted by Crippen LogP contribution is -2.50. The van der Waals surface area contributed by atoms with E-state index in [2.05, 4.69) is 25.9 Å². The summed E-state index contributed by atoms with van der Waals surface area (Å²) in [6.45, 7) is 1.33. The molecule has 0 fully saturated rings. The third-order valence-corrected chi connectivity index (χ3v) is 5.53. The molecule has 2 aromatic carbocycles. The molecule has 4 N–H and O–H groups in total. The average Bonchev–Trinajstić information content (AvgIpc) is 3.55. The Labute approximate surface area is 205 Å². The minimum Gasteiger partial charge on any atom is -0.389 e. The highest BCUT2D eigenvalue weighted by Gasteiger charge is 2.26. The molecule has 4 aromatic rings. The maximum absolute atomic E-state index is 15.0. The summed E-state index contributed by atoms with van der Waals surface area (Å²) in [5, 5.41) is 26.9. The first-order chi connectivity index (χ1) is 17.3. The fraction of sp³-hybridized carbons (Fsp3) is 0.200. The lowest BCUT2D eigenvalue weighted by molar-refractivity contribution is -0.119. The van der Waals surface area contributed by atoms with Crippen LogP contribution in [0, 0.1) is 11.6 Å². The fourth-order valence-electron chi connectivity index (χ4n) is 3.72. The number of halogens is 2. The molecule has 0 saturated heterocycles. The molecule has 2 aromatic heterocycles. The zero-order chi connectivity index (χ0) is 25.7. The Morgan fingerprint density at radius 1 is 1.14 bits per heavy atom. The van der Waals surface area contributed by atoms with Gasteiger partial charge in [0, 0.05) is 37.0 Å². The predicted molar refractivity (Wildman–Crippen MR) is 128 cm³/mol. The molecule has 0 bridgehead atoms. The summed E-state index contributed by atoms with van der Waals surface area (Å²) in [6, 6.07) is 12.2. The topological polar surface area (TPSA) is 125 Å². The Morgan fingerprint density at radius 3 is 2.61 bits per heavy atom. The Morgan fingerprint density at radius 2 is 1.92 bits per heavy atom. The van der Waals surface area contributed by atoms with Gasteiger partial charge in [-0.05, 0) is 48.5 Å². The zero-order valence-electron chi connectivity index (χ0n) is 19.3. The summed E-state index contributed by atoms with van der Waals surface area (Å²) in [5.41, 5.74) is 1.31. The van der Waals surface area contributed by atoms with E-state index in [1.54, 1.807) is 36.7 Å². The molecule has 0 unspecified atom stereocenters. The molecule has 0 spiro atoms. The average molecular weight is 495 g/mol. The van der Waals surface area contributed by atoms with E-state index in [9.17, 15) is 23.5 Å². The second kappa shape index (κ2) is 10.9. The number of carbonyl (C=O) groups excluding carboxylic acids is 2. The molecule has 0 aliphatic carbocycles. The van der Waals surface area contributed by atoms with Crippen LogP contribution < -0.4 is 10.6 Å². The van der Waals surface area contributed by atoms with Crippen LogP contribution in [0.2, 0.25) is 0 Å². The van der Waals surface area contributed by atoms with E-state index < -0.39 is 29.7 Å². The molecule has 2 amide bonds. The highest BCUT2D eigenvalue weighted by Crippen LogP contribution is 2.29. The number of rotatable bonds is 9. The molecule has 9 nitrogen and oxygen atoms in total. The Kier molecular flexibility index (Phi) is 7.50. The van der Waals surface area contributed by atoms with Crippen LogP contribution >= 0.6 is 0 Å². The number of aromatic nitrogens is 4. The standard InChI is InChI=1S/C25H24F2N6O3/c1-15(34)28-13-23(35)22(14-33-11-3-10-29-33)30-25(36)18-4-2-5-19(27)24(18)21-12-20(31-32-21)16-6-8-17(26)9-7-16/h2-12,22-23,35H,13-14H2,1H3,(H,28,34)(H,30,36)(H,31,32)/t22-,23-/m1/s1. The third-order valence-electron chi connectivity index (χ3n) is 5.53. The molecule has 0 aliphatic rings. The molecule has 2 heterocycles. The molecule has 0 radical (unpaired) electrons. The van der Waals surface area contributed by atoms with Crippen molar-refractivity contribution >= 4 is 11.8 Å². The van der Waals surface area contributed by atoms with E-state index in [-0.39, 0.29) is 35.8 Å². The number of nitrogens with zero attached hydrogens (tertiary/aromatic N) is 3. The van der Waals surface area contributed by atoms with Crippen molar-refractivity contribution in [3.8, 4) is 22.5 Å². The smallest absolute Gasteiger partial charge is 0.252 e. The van der Waals surface area contributed by atoms with Gasteiger partial charge >= 0.3 is 0 Å². The number of aliphatic hydroxyl groups is 1. The second-order valence-electron chi connectivity index (χ2n) is 8.15. The van der Waals surface area contributed by atoms with Crippen molar-refractivity contribution in [1.82, 2.24) is 30.6 Å². The highest BCUT2D eigenvalue weighted by molar-refractivity contribution is 6.01. The van der Waals surface area contributed by atoms with Crippen molar-refractivity contribution in [3.63, 3.8) is 0 Å². The molecule has 0 saturated carbocycles. The molecule has 2 atom stereocenters. The van der Waals surface area contributed by atoms with Gasteiger partial charge < -0.3 is 15.7 Å². The molecular weight excluding hydrogens is 470 g/mol. The number of benzene rings is 2. The van der Waals surface area contributed by atoms with Gasteiger partial charge in [0.05, 0.1) is 35.6 Å². The fourth-order valence-corrected chi connectivity index (χ4v) is 3.72. The van der Waals surface area contributed by atoms with Gasteiger partial charge in [-0.1, -0.05) is 6.07 Å². The van der Waals surface area contributed by atoms with Gasteiger partial charge in [0.1, 0.15) is 11.6 Å². The summed E-state index contributed by atoms with van der Waals surface area (Å²) in [5.74, 6) is -2.02. The normalized spacial score (nSPS) is 12.7. The number of hydrogen-bond donors (Lipinski definition) is 4. The van der Waals surface area contributed by atoms with Crippen LogP contribution in [0.25, 0.3) is 22.5 Å². The number of nitrogens with one attached hydrogen (secondary N) is 3. The lowest BCUT2D eigenvalue weighted by atomic mass is 10.0. The van der Waals surface area contributed by atoms with E-state index in [0.29, 0.717) is 11.3 Å². The Bertz CT molecular complexity index is 1340. The number of amides is 2. The van der Waals surface area contributed by atoms with Crippen molar-refractivity contribution < 1.29 is 23.5 Å². The van der Waals surface area contributed by atoms with Gasteiger partial charge in [0.25, 0.3) is 5.91 Å². The van der Waals surface area contributed by atoms with Crippen molar-refractivity contribution in [2.24, 2.45) is 0 Å². The van der Waals surface area contributed by atoms with Crippen LogP contribution in [-0.2, 0) is 11.3 Å². The minimum absolute atomic E-state index is 0.00921. The first kappa shape index (κ1) is 24.7. The summed E-state index contributed by atoms with van der Waals surface area (Å²) in [4.78, 5) is 24.6. The van der Waals surface area contributed by atoms with Gasteiger partial charge in [-0.2, -0.15) is 10.2 Å². The van der Waals surface area contributed by atoms with Crippen LogP contribution in [0.5, 0.6) is 0 Å². The van der Waals surface area contributed by atoms with Crippen LogP contribution in [-0.4, -0.2) is 55.6 Å². The van der Waals surface area contributed by atoms with Crippen molar-refractivity contribution in [2.45, 2.75) is 25.6 Å². The zero-order valence-corrected chi connectivity index (χ0v) is 19.3. The number of hydrogen-bond acceptors (Lipinski definition) is 5.